The van der Waals surface area contributed by atoms with E-state index in [1.165, 1.54) is 13.8 Å². The molecule has 0 aliphatic rings. The first-order chi connectivity index (χ1) is 16.8. The van der Waals surface area contributed by atoms with Crippen LogP contribution in [0.3, 0.4) is 0 Å². The van der Waals surface area contributed by atoms with Crippen LogP contribution in [0.1, 0.15) is 36.6 Å². The number of alkyl halides is 6. The Bertz CT molecular complexity index is 1250. The zero-order valence-corrected chi connectivity index (χ0v) is 20.1. The summed E-state index contributed by atoms with van der Waals surface area (Å²) in [5.74, 6) is -4.82. The number of carbonyl (C=O) groups is 1. The van der Waals surface area contributed by atoms with Gasteiger partial charge in [0.2, 0.25) is 5.91 Å². The van der Waals surface area contributed by atoms with E-state index >= 15 is 0 Å². The van der Waals surface area contributed by atoms with Gasteiger partial charge in [-0.25, -0.2) is 12.8 Å². The number of aromatic nitrogens is 1. The minimum Gasteiger partial charge on any atom is -0.337 e. The third kappa shape index (κ3) is 8.67. The molecule has 2 aromatic rings. The Morgan fingerprint density at radius 1 is 1.08 bits per heavy atom. The third-order valence-electron chi connectivity index (χ3n) is 4.94. The van der Waals surface area contributed by atoms with Crippen molar-refractivity contribution >= 4 is 15.7 Å². The fourth-order valence-electron chi connectivity index (χ4n) is 3.23. The van der Waals surface area contributed by atoms with Crippen LogP contribution in [0.2, 0.25) is 0 Å². The number of nitriles is 1. The van der Waals surface area contributed by atoms with Gasteiger partial charge in [0.15, 0.2) is 9.84 Å². The maximum absolute atomic E-state index is 13.9. The van der Waals surface area contributed by atoms with Crippen molar-refractivity contribution < 1.29 is 43.9 Å². The molecule has 0 saturated heterocycles. The number of sulfone groups is 1. The topological polar surface area (TPSA) is 112 Å². The number of nitrogens with zero attached hydrogens (tertiary/aromatic N) is 2. The van der Waals surface area contributed by atoms with Crippen LogP contribution in [0, 0.1) is 17.1 Å². The molecule has 0 spiro atoms. The van der Waals surface area contributed by atoms with Crippen LogP contribution in [0.4, 0.5) is 30.7 Å². The minimum atomic E-state index is -5.10. The number of benzene rings is 1. The monoisotopic (exact) mass is 554 g/mol. The zero-order valence-electron chi connectivity index (χ0n) is 19.3. The quantitative estimate of drug-likeness (QED) is 0.456. The molecule has 37 heavy (non-hydrogen) atoms. The van der Waals surface area contributed by atoms with Gasteiger partial charge in [-0.05, 0) is 43.2 Å². The fraction of sp³-hybridized carbons (Fsp3) is 0.409. The third-order valence-corrected chi connectivity index (χ3v) is 6.53. The second kappa shape index (κ2) is 11.0. The van der Waals surface area contributed by atoms with E-state index in [2.05, 4.69) is 10.3 Å². The molecule has 1 heterocycles. The van der Waals surface area contributed by atoms with Gasteiger partial charge >= 0.3 is 12.4 Å². The second-order valence-corrected chi connectivity index (χ2v) is 10.7. The summed E-state index contributed by atoms with van der Waals surface area (Å²) >= 11 is 0. The van der Waals surface area contributed by atoms with Crippen molar-refractivity contribution in [1.29, 1.82) is 5.26 Å². The van der Waals surface area contributed by atoms with Crippen LogP contribution in [-0.4, -0.2) is 42.8 Å². The predicted molar refractivity (Wildman–Crippen MR) is 117 cm³/mol. The van der Waals surface area contributed by atoms with E-state index < -0.39 is 79.7 Å². The number of hydrogen-bond donors (Lipinski definition) is 2. The first-order valence-corrected chi connectivity index (χ1v) is 12.2. The van der Waals surface area contributed by atoms with Crippen molar-refractivity contribution in [2.75, 3.05) is 5.75 Å². The summed E-state index contributed by atoms with van der Waals surface area (Å²) < 4.78 is 120. The summed E-state index contributed by atoms with van der Waals surface area (Å²) in [6, 6.07) is 0.374. The van der Waals surface area contributed by atoms with E-state index in [1.807, 2.05) is 5.32 Å². The fourth-order valence-corrected chi connectivity index (χ4v) is 4.80. The van der Waals surface area contributed by atoms with Gasteiger partial charge in [0.1, 0.15) is 23.4 Å². The second-order valence-electron chi connectivity index (χ2n) is 8.56. The maximum atomic E-state index is 13.9. The first kappa shape index (κ1) is 30.0. The molecule has 202 valence electrons. The molecule has 7 nitrogen and oxygen atoms in total. The largest absolute Gasteiger partial charge is 0.416 e. The van der Waals surface area contributed by atoms with Crippen LogP contribution >= 0.6 is 0 Å². The molecule has 0 bridgehead atoms. The van der Waals surface area contributed by atoms with Crippen LogP contribution in [0.25, 0.3) is 0 Å². The van der Waals surface area contributed by atoms with Gasteiger partial charge in [-0.2, -0.15) is 31.6 Å². The van der Waals surface area contributed by atoms with Crippen molar-refractivity contribution in [3.05, 3.63) is 65.2 Å². The molecular formula is C22H21F7N4O3S. The highest BCUT2D eigenvalue weighted by molar-refractivity contribution is 7.90. The molecule has 0 fully saturated rings. The van der Waals surface area contributed by atoms with E-state index in [9.17, 15) is 43.9 Å². The number of nitrogens with one attached hydrogen (secondary N) is 2. The summed E-state index contributed by atoms with van der Waals surface area (Å²) in [6.07, 6.45) is -8.60. The molecule has 15 heteroatoms. The van der Waals surface area contributed by atoms with Crippen molar-refractivity contribution in [2.45, 2.75) is 49.6 Å². The molecular weight excluding hydrogens is 533 g/mol. The van der Waals surface area contributed by atoms with Crippen molar-refractivity contribution in [1.82, 2.24) is 15.6 Å². The summed E-state index contributed by atoms with van der Waals surface area (Å²) in [4.78, 5) is 16.3. The van der Waals surface area contributed by atoms with Crippen molar-refractivity contribution in [3.63, 3.8) is 0 Å². The van der Waals surface area contributed by atoms with Gasteiger partial charge in [-0.15, -0.1) is 0 Å². The predicted octanol–water partition coefficient (Wildman–Crippen LogP) is 3.83. The summed E-state index contributed by atoms with van der Waals surface area (Å²) in [5.41, 5.74) is -4.27. The maximum Gasteiger partial charge on any atom is 0.416 e. The lowest BCUT2D eigenvalue weighted by Gasteiger charge is -2.29. The van der Waals surface area contributed by atoms with Gasteiger partial charge in [0.05, 0.1) is 23.1 Å². The number of hydrogen-bond acceptors (Lipinski definition) is 6. The lowest BCUT2D eigenvalue weighted by molar-refractivity contribution is -0.160. The number of amides is 1. The lowest BCUT2D eigenvalue weighted by atomic mass is 10.0. The van der Waals surface area contributed by atoms with E-state index in [-0.39, 0.29) is 0 Å². The molecule has 1 unspecified atom stereocenters. The molecule has 0 saturated carbocycles. The number of carbonyl (C=O) groups excluding carboxylic acids is 1. The Morgan fingerprint density at radius 2 is 1.68 bits per heavy atom. The van der Waals surface area contributed by atoms with E-state index in [1.54, 1.807) is 6.07 Å². The van der Waals surface area contributed by atoms with E-state index in [0.717, 1.165) is 30.5 Å². The average molecular weight is 554 g/mol. The van der Waals surface area contributed by atoms with Gasteiger partial charge in [-0.3, -0.25) is 15.1 Å². The van der Waals surface area contributed by atoms with Crippen LogP contribution in [0.5, 0.6) is 0 Å². The van der Waals surface area contributed by atoms with Crippen LogP contribution in [-0.2, 0) is 26.6 Å². The Kier molecular flexibility index (Phi) is 8.92. The highest BCUT2D eigenvalue weighted by Gasteiger charge is 2.44. The van der Waals surface area contributed by atoms with Gasteiger partial charge < -0.3 is 5.32 Å². The van der Waals surface area contributed by atoms with Crippen molar-refractivity contribution in [2.24, 2.45) is 0 Å². The SMILES string of the molecule is CC(C)(C#N)NC(=O)C(CS(=O)(=O)Cc1cnccc1C(F)(F)F)N[C@H](c1ccc(F)cc1)C(F)(F)F. The van der Waals surface area contributed by atoms with Gasteiger partial charge in [-0.1, -0.05) is 12.1 Å². The molecule has 0 aliphatic carbocycles. The Labute approximate surface area is 207 Å². The molecule has 1 aromatic carbocycles. The normalized spacial score (nSPS) is 14.5. The minimum absolute atomic E-state index is 0.539. The zero-order chi connectivity index (χ0) is 28.2. The van der Waals surface area contributed by atoms with Gasteiger partial charge in [0.25, 0.3) is 0 Å². The highest BCUT2D eigenvalue weighted by atomic mass is 32.2. The molecule has 2 atom stereocenters. The Hall–Kier alpha value is -3.25. The summed E-state index contributed by atoms with van der Waals surface area (Å²) in [5, 5.41) is 13.1. The van der Waals surface area contributed by atoms with E-state index in [4.69, 9.17) is 5.26 Å². The average Bonchev–Trinajstić information content (AvgIpc) is 2.75. The molecule has 2 N–H and O–H groups in total. The van der Waals surface area contributed by atoms with Crippen LogP contribution < -0.4 is 10.6 Å². The van der Waals surface area contributed by atoms with Gasteiger partial charge in [0, 0.05) is 12.4 Å². The molecule has 1 amide bonds. The molecule has 0 radical (unpaired) electrons. The summed E-state index contributed by atoms with van der Waals surface area (Å²) in [6.45, 7) is 2.39. The standard InChI is InChI=1S/C22H21F7N4O3S/c1-20(2,12-30)33-19(34)17(32-18(22(27,28)29)13-3-5-15(23)6-4-13)11-37(35,36)10-14-9-31-8-7-16(14)21(24,25)26/h3-9,17-18,32H,10-11H2,1-2H3,(H,33,34)/t17?,18-/m1/s1. The lowest BCUT2D eigenvalue weighted by Crippen LogP contribution is -2.56. The Morgan fingerprint density at radius 3 is 2.19 bits per heavy atom. The van der Waals surface area contributed by atoms with Crippen molar-refractivity contribution in [3.8, 4) is 6.07 Å². The number of rotatable bonds is 9. The Balaban J connectivity index is 2.46. The molecule has 2 rings (SSSR count). The highest BCUT2D eigenvalue weighted by Crippen LogP contribution is 2.34. The molecule has 1 aromatic heterocycles. The van der Waals surface area contributed by atoms with Crippen LogP contribution in [0.15, 0.2) is 42.7 Å². The number of pyridine rings is 1. The number of halogens is 7. The first-order valence-electron chi connectivity index (χ1n) is 10.4. The smallest absolute Gasteiger partial charge is 0.337 e. The summed E-state index contributed by atoms with van der Waals surface area (Å²) in [7, 11) is -4.68. The van der Waals surface area contributed by atoms with E-state index in [0.29, 0.717) is 12.3 Å². The molecule has 0 aliphatic heterocycles.